The first kappa shape index (κ1) is 41.6. The van der Waals surface area contributed by atoms with Crippen molar-refractivity contribution in [2.24, 2.45) is 5.92 Å². The summed E-state index contributed by atoms with van der Waals surface area (Å²) in [6.45, 7) is 4.51. The summed E-state index contributed by atoms with van der Waals surface area (Å²) in [6.07, 6.45) is 40.7. The summed E-state index contributed by atoms with van der Waals surface area (Å²) < 4.78 is 0. The molecule has 0 spiro atoms. The molecule has 5 heteroatoms. The molecule has 43 heavy (non-hydrogen) atoms. The van der Waals surface area contributed by atoms with Crippen molar-refractivity contribution in [3.05, 3.63) is 24.3 Å². The molecule has 250 valence electrons. The Morgan fingerprint density at radius 3 is 1.05 bits per heavy atom. The van der Waals surface area contributed by atoms with Crippen LogP contribution in [0.3, 0.4) is 0 Å². The van der Waals surface area contributed by atoms with E-state index in [1.807, 2.05) is 4.84 Å². The highest BCUT2D eigenvalue weighted by Crippen LogP contribution is 2.16. The minimum atomic E-state index is -1.24. The van der Waals surface area contributed by atoms with Crippen molar-refractivity contribution < 1.29 is 14.4 Å². The van der Waals surface area contributed by atoms with E-state index in [2.05, 4.69) is 38.2 Å². The monoisotopic (exact) mass is 621 g/mol. The first-order valence-corrected chi connectivity index (χ1v) is 18.7. The van der Waals surface area contributed by atoms with Gasteiger partial charge in [0.1, 0.15) is 0 Å². The van der Waals surface area contributed by atoms with Crippen molar-refractivity contribution in [2.75, 3.05) is 0 Å². The average molecular weight is 622 g/mol. The van der Waals surface area contributed by atoms with Gasteiger partial charge in [0.15, 0.2) is 17.5 Å². The predicted molar refractivity (Wildman–Crippen MR) is 186 cm³/mol. The molecule has 0 aliphatic heterocycles. The SMILES string of the molecule is CCCCCCCC/C=C\CCCCCCCC(=O)C(C(=O)CCCCCCC/C=C\CCCCCCCC)C(=O)NCl. The standard InChI is InChI=1S/C38H68ClNO3/c1-3-5-7-9-11-13-15-17-19-21-23-25-27-29-31-33-35(41)37(38(43)40-39)36(42)34-32-30-28-26-24-22-20-18-16-14-12-10-8-6-4-2/h17-20,37H,3-16,21-34H2,1-2H3,(H,40,43)/b19-17-,20-18-. The van der Waals surface area contributed by atoms with Crippen molar-refractivity contribution in [2.45, 2.75) is 194 Å². The number of ketones is 2. The summed E-state index contributed by atoms with van der Waals surface area (Å²) in [7, 11) is 0. The fourth-order valence-corrected chi connectivity index (χ4v) is 5.66. The van der Waals surface area contributed by atoms with Gasteiger partial charge >= 0.3 is 0 Å². The molecule has 0 fully saturated rings. The number of carbonyl (C=O) groups excluding carboxylic acids is 3. The molecule has 0 saturated carbocycles. The van der Waals surface area contributed by atoms with Crippen LogP contribution in [-0.2, 0) is 14.4 Å². The van der Waals surface area contributed by atoms with Gasteiger partial charge in [-0.2, -0.15) is 0 Å². The number of Topliss-reactive ketones (excluding diaryl/α,β-unsaturated/α-hetero) is 2. The Morgan fingerprint density at radius 2 is 0.744 bits per heavy atom. The zero-order valence-electron chi connectivity index (χ0n) is 28.3. The van der Waals surface area contributed by atoms with Crippen molar-refractivity contribution in [3.63, 3.8) is 0 Å². The first-order valence-electron chi connectivity index (χ1n) is 18.3. The van der Waals surface area contributed by atoms with E-state index >= 15 is 0 Å². The Bertz CT molecular complexity index is 666. The van der Waals surface area contributed by atoms with Gasteiger partial charge in [-0.05, 0) is 64.2 Å². The highest BCUT2D eigenvalue weighted by molar-refractivity contribution is 6.28. The molecular formula is C38H68ClNO3. The predicted octanol–water partition coefficient (Wildman–Crippen LogP) is 12.1. The molecule has 1 amide bonds. The molecule has 0 saturated heterocycles. The highest BCUT2D eigenvalue weighted by Gasteiger charge is 2.32. The fourth-order valence-electron chi connectivity index (χ4n) is 5.56. The van der Waals surface area contributed by atoms with Gasteiger partial charge in [-0.1, -0.05) is 141 Å². The summed E-state index contributed by atoms with van der Waals surface area (Å²) in [6, 6.07) is 0. The first-order chi connectivity index (χ1) is 21.1. The number of hydrogen-bond acceptors (Lipinski definition) is 3. The molecule has 4 nitrogen and oxygen atoms in total. The van der Waals surface area contributed by atoms with E-state index in [4.69, 9.17) is 11.8 Å². The number of unbranched alkanes of at least 4 members (excludes halogenated alkanes) is 22. The second-order valence-electron chi connectivity index (χ2n) is 12.5. The molecule has 0 aromatic rings. The summed E-state index contributed by atoms with van der Waals surface area (Å²) >= 11 is 5.52. The molecule has 0 rings (SSSR count). The minimum Gasteiger partial charge on any atom is -0.298 e. The second-order valence-corrected chi connectivity index (χ2v) is 12.7. The van der Waals surface area contributed by atoms with Gasteiger partial charge in [-0.25, -0.2) is 0 Å². The number of nitrogens with one attached hydrogen (secondary N) is 1. The zero-order valence-corrected chi connectivity index (χ0v) is 29.0. The van der Waals surface area contributed by atoms with Gasteiger partial charge in [0.25, 0.3) is 5.91 Å². The lowest BCUT2D eigenvalue weighted by Crippen LogP contribution is -2.36. The Hall–Kier alpha value is -1.42. The van der Waals surface area contributed by atoms with E-state index in [1.54, 1.807) is 0 Å². The number of amides is 1. The van der Waals surface area contributed by atoms with E-state index in [-0.39, 0.29) is 24.4 Å². The Morgan fingerprint density at radius 1 is 0.465 bits per heavy atom. The largest absolute Gasteiger partial charge is 0.298 e. The second kappa shape index (κ2) is 33.5. The minimum absolute atomic E-state index is 0.269. The maximum Gasteiger partial charge on any atom is 0.252 e. The molecule has 0 unspecified atom stereocenters. The summed E-state index contributed by atoms with van der Waals surface area (Å²) in [5, 5.41) is 0. The van der Waals surface area contributed by atoms with Crippen LogP contribution in [0.4, 0.5) is 0 Å². The van der Waals surface area contributed by atoms with Crippen molar-refractivity contribution in [1.82, 2.24) is 4.84 Å². The summed E-state index contributed by atoms with van der Waals surface area (Å²) in [4.78, 5) is 39.7. The summed E-state index contributed by atoms with van der Waals surface area (Å²) in [5.41, 5.74) is 0. The van der Waals surface area contributed by atoms with Gasteiger partial charge in [0.2, 0.25) is 0 Å². The lowest BCUT2D eigenvalue weighted by atomic mass is 9.91. The Kier molecular flexibility index (Phi) is 32.4. The normalized spacial score (nSPS) is 11.7. The van der Waals surface area contributed by atoms with Gasteiger partial charge in [0, 0.05) is 24.6 Å². The average Bonchev–Trinajstić information content (AvgIpc) is 3.01. The highest BCUT2D eigenvalue weighted by atomic mass is 35.5. The van der Waals surface area contributed by atoms with Crippen LogP contribution in [0.25, 0.3) is 0 Å². The topological polar surface area (TPSA) is 63.2 Å². The van der Waals surface area contributed by atoms with Crippen LogP contribution in [0.2, 0.25) is 0 Å². The molecule has 0 bridgehead atoms. The van der Waals surface area contributed by atoms with Gasteiger partial charge in [0.05, 0.1) is 0 Å². The van der Waals surface area contributed by atoms with Gasteiger partial charge < -0.3 is 0 Å². The van der Waals surface area contributed by atoms with Crippen LogP contribution in [0.1, 0.15) is 194 Å². The third-order valence-corrected chi connectivity index (χ3v) is 8.56. The zero-order chi connectivity index (χ0) is 31.6. The van der Waals surface area contributed by atoms with Crippen molar-refractivity contribution >= 4 is 29.3 Å². The number of allylic oxidation sites excluding steroid dienone is 4. The van der Waals surface area contributed by atoms with Crippen LogP contribution in [0.5, 0.6) is 0 Å². The van der Waals surface area contributed by atoms with Crippen LogP contribution < -0.4 is 4.84 Å². The summed E-state index contributed by atoms with van der Waals surface area (Å²) in [5.74, 6) is -2.48. The Balaban J connectivity index is 3.87. The third-order valence-electron chi connectivity index (χ3n) is 8.37. The molecule has 0 radical (unpaired) electrons. The number of halogens is 1. The van der Waals surface area contributed by atoms with E-state index in [0.29, 0.717) is 0 Å². The van der Waals surface area contributed by atoms with E-state index in [1.165, 1.54) is 103 Å². The van der Waals surface area contributed by atoms with Gasteiger partial charge in [-0.3, -0.25) is 19.2 Å². The maximum absolute atomic E-state index is 12.7. The molecular weight excluding hydrogens is 554 g/mol. The van der Waals surface area contributed by atoms with Crippen LogP contribution >= 0.6 is 11.8 Å². The molecule has 0 aliphatic carbocycles. The van der Waals surface area contributed by atoms with Crippen molar-refractivity contribution in [1.29, 1.82) is 0 Å². The van der Waals surface area contributed by atoms with Crippen LogP contribution in [0.15, 0.2) is 24.3 Å². The molecule has 0 heterocycles. The number of hydrogen-bond donors (Lipinski definition) is 1. The molecule has 0 atom stereocenters. The molecule has 1 N–H and O–H groups in total. The lowest BCUT2D eigenvalue weighted by molar-refractivity contribution is -0.140. The van der Waals surface area contributed by atoms with E-state index < -0.39 is 11.8 Å². The van der Waals surface area contributed by atoms with E-state index in [0.717, 1.165) is 64.2 Å². The van der Waals surface area contributed by atoms with E-state index in [9.17, 15) is 14.4 Å². The smallest absolute Gasteiger partial charge is 0.252 e. The molecule has 0 aliphatic rings. The molecule has 0 aromatic heterocycles. The fraction of sp³-hybridized carbons (Fsp3) is 0.816. The maximum atomic E-state index is 12.7. The number of rotatable bonds is 33. The van der Waals surface area contributed by atoms with Gasteiger partial charge in [-0.15, -0.1) is 0 Å². The quantitative estimate of drug-likeness (QED) is 0.0343. The van der Waals surface area contributed by atoms with Crippen molar-refractivity contribution in [3.8, 4) is 0 Å². The van der Waals surface area contributed by atoms with Crippen LogP contribution in [-0.4, -0.2) is 17.5 Å². The Labute approximate surface area is 271 Å². The molecule has 0 aromatic carbocycles. The third kappa shape index (κ3) is 27.8. The number of carbonyl (C=O) groups is 3. The van der Waals surface area contributed by atoms with Crippen LogP contribution in [0, 0.1) is 5.92 Å². The lowest BCUT2D eigenvalue weighted by Gasteiger charge is -2.12.